The number of rotatable bonds is 6. The van der Waals surface area contributed by atoms with Crippen molar-refractivity contribution >= 4 is 34.4 Å². The molecule has 142 valence electrons. The number of halogens is 1. The number of hydrogen-bond acceptors (Lipinski definition) is 6. The van der Waals surface area contributed by atoms with Gasteiger partial charge in [-0.1, -0.05) is 11.6 Å². The Morgan fingerprint density at radius 2 is 1.81 bits per heavy atom. The number of nitrogens with zero attached hydrogens (tertiary/aromatic N) is 4. The fourth-order valence-corrected chi connectivity index (χ4v) is 3.60. The van der Waals surface area contributed by atoms with Gasteiger partial charge in [-0.2, -0.15) is 0 Å². The molecule has 0 spiro atoms. The van der Waals surface area contributed by atoms with E-state index >= 15 is 0 Å². The Kier molecular flexibility index (Phi) is 5.98. The molecule has 2 aromatic heterocycles. The second-order valence-electron chi connectivity index (χ2n) is 5.81. The van der Waals surface area contributed by atoms with Crippen molar-refractivity contribution in [3.63, 3.8) is 0 Å². The van der Waals surface area contributed by atoms with Crippen LogP contribution in [0.15, 0.2) is 38.9 Å². The lowest BCUT2D eigenvalue weighted by Crippen LogP contribution is -2.37. The maximum absolute atomic E-state index is 12.7. The summed E-state index contributed by atoms with van der Waals surface area (Å²) in [6.07, 6.45) is 0. The molecule has 0 aliphatic heterocycles. The number of thioether (sulfide) groups is 1. The largest absolute Gasteiger partial charge is 0.381 e. The van der Waals surface area contributed by atoms with E-state index in [1.165, 1.54) is 23.4 Å². The van der Waals surface area contributed by atoms with Gasteiger partial charge in [-0.15, -0.1) is 11.8 Å². The fraction of sp³-hybridized carbons (Fsp3) is 0.333. The van der Waals surface area contributed by atoms with Crippen molar-refractivity contribution in [1.82, 2.24) is 19.1 Å². The van der Waals surface area contributed by atoms with Crippen LogP contribution >= 0.6 is 23.4 Å². The highest BCUT2D eigenvalue weighted by molar-refractivity contribution is 7.99. The molecular formula is C18H19ClN4O3S. The molecule has 0 saturated carbocycles. The molecule has 0 amide bonds. The van der Waals surface area contributed by atoms with Crippen LogP contribution < -0.4 is 11.2 Å². The van der Waals surface area contributed by atoms with Crippen LogP contribution in [0, 0.1) is 0 Å². The lowest BCUT2D eigenvalue weighted by atomic mass is 10.2. The monoisotopic (exact) mass is 406 g/mol. The summed E-state index contributed by atoms with van der Waals surface area (Å²) in [4.78, 5) is 34.1. The van der Waals surface area contributed by atoms with Crippen LogP contribution in [-0.4, -0.2) is 38.1 Å². The molecule has 1 aromatic carbocycles. The zero-order valence-electron chi connectivity index (χ0n) is 15.2. The van der Waals surface area contributed by atoms with Crippen LogP contribution in [0.5, 0.6) is 0 Å². The number of aryl methyl sites for hydroxylation is 1. The maximum atomic E-state index is 12.7. The van der Waals surface area contributed by atoms with Crippen LogP contribution in [0.1, 0.15) is 6.92 Å². The molecule has 3 rings (SSSR count). The topological polar surface area (TPSA) is 79.0 Å². The molecule has 0 saturated heterocycles. The van der Waals surface area contributed by atoms with Crippen LogP contribution in [0.2, 0.25) is 5.02 Å². The Morgan fingerprint density at radius 1 is 1.11 bits per heavy atom. The van der Waals surface area contributed by atoms with Crippen molar-refractivity contribution in [2.75, 3.05) is 19.0 Å². The van der Waals surface area contributed by atoms with Crippen molar-refractivity contribution in [3.05, 3.63) is 50.1 Å². The van der Waals surface area contributed by atoms with Crippen molar-refractivity contribution in [2.24, 2.45) is 14.1 Å². The van der Waals surface area contributed by atoms with Gasteiger partial charge in [-0.05, 0) is 31.2 Å². The Bertz CT molecular complexity index is 1090. The van der Waals surface area contributed by atoms with Gasteiger partial charge in [0.1, 0.15) is 10.4 Å². The van der Waals surface area contributed by atoms with Crippen molar-refractivity contribution in [2.45, 2.75) is 11.9 Å². The smallest absolute Gasteiger partial charge is 0.332 e. The Balaban J connectivity index is 2.23. The molecule has 0 aliphatic carbocycles. The van der Waals surface area contributed by atoms with Crippen LogP contribution in [0.4, 0.5) is 0 Å². The lowest BCUT2D eigenvalue weighted by Gasteiger charge is -2.12. The summed E-state index contributed by atoms with van der Waals surface area (Å²) in [7, 11) is 3.04. The van der Waals surface area contributed by atoms with Gasteiger partial charge in [-0.3, -0.25) is 13.9 Å². The van der Waals surface area contributed by atoms with Crippen molar-refractivity contribution in [3.8, 4) is 11.4 Å². The predicted octanol–water partition coefficient (Wildman–Crippen LogP) is 2.48. The molecule has 3 aromatic rings. The van der Waals surface area contributed by atoms with Gasteiger partial charge >= 0.3 is 5.69 Å². The number of ether oxygens (including phenoxy) is 1. The van der Waals surface area contributed by atoms with E-state index in [0.29, 0.717) is 45.9 Å². The summed E-state index contributed by atoms with van der Waals surface area (Å²) in [5, 5.41) is 1.46. The van der Waals surface area contributed by atoms with Gasteiger partial charge < -0.3 is 4.74 Å². The van der Waals surface area contributed by atoms with E-state index in [1.54, 1.807) is 31.3 Å². The first-order chi connectivity index (χ1) is 12.9. The molecular weight excluding hydrogens is 388 g/mol. The van der Waals surface area contributed by atoms with Crippen molar-refractivity contribution in [1.29, 1.82) is 0 Å². The molecule has 0 N–H and O–H groups in total. The molecule has 0 bridgehead atoms. The highest BCUT2D eigenvalue weighted by atomic mass is 35.5. The van der Waals surface area contributed by atoms with Gasteiger partial charge in [0.15, 0.2) is 11.5 Å². The minimum Gasteiger partial charge on any atom is -0.381 e. The Labute approximate surface area is 165 Å². The summed E-state index contributed by atoms with van der Waals surface area (Å²) < 4.78 is 7.81. The number of benzene rings is 1. The van der Waals surface area contributed by atoms with E-state index in [-0.39, 0.29) is 0 Å². The molecule has 2 heterocycles. The first kappa shape index (κ1) is 19.6. The first-order valence-electron chi connectivity index (χ1n) is 8.38. The zero-order chi connectivity index (χ0) is 19.6. The fourth-order valence-electron chi connectivity index (χ4n) is 2.60. The summed E-state index contributed by atoms with van der Waals surface area (Å²) in [5.41, 5.74) is 0.219. The third-order valence-electron chi connectivity index (χ3n) is 4.04. The maximum Gasteiger partial charge on any atom is 0.332 e. The van der Waals surface area contributed by atoms with Crippen LogP contribution in [0.3, 0.4) is 0 Å². The second-order valence-corrected chi connectivity index (χ2v) is 7.33. The molecule has 0 unspecified atom stereocenters. The second kappa shape index (κ2) is 8.24. The number of hydrogen-bond donors (Lipinski definition) is 0. The molecule has 0 radical (unpaired) electrons. The average Bonchev–Trinajstić information content (AvgIpc) is 2.68. The minimum atomic E-state index is -0.432. The van der Waals surface area contributed by atoms with E-state index < -0.39 is 11.2 Å². The van der Waals surface area contributed by atoms with E-state index in [0.717, 1.165) is 10.1 Å². The van der Waals surface area contributed by atoms with E-state index in [1.807, 2.05) is 6.92 Å². The van der Waals surface area contributed by atoms with E-state index in [9.17, 15) is 9.59 Å². The quantitative estimate of drug-likeness (QED) is 0.355. The highest BCUT2D eigenvalue weighted by Gasteiger charge is 2.18. The third kappa shape index (κ3) is 3.92. The summed E-state index contributed by atoms with van der Waals surface area (Å²) in [6.45, 7) is 3.08. The molecule has 27 heavy (non-hydrogen) atoms. The lowest BCUT2D eigenvalue weighted by molar-refractivity contribution is 0.164. The highest BCUT2D eigenvalue weighted by Crippen LogP contribution is 2.26. The van der Waals surface area contributed by atoms with Gasteiger partial charge in [-0.25, -0.2) is 14.8 Å². The van der Waals surface area contributed by atoms with Gasteiger partial charge in [0, 0.05) is 37.0 Å². The molecule has 0 aliphatic rings. The molecule has 0 fully saturated rings. The summed E-state index contributed by atoms with van der Waals surface area (Å²) >= 11 is 7.37. The predicted molar refractivity (Wildman–Crippen MR) is 108 cm³/mol. The van der Waals surface area contributed by atoms with Gasteiger partial charge in [0.2, 0.25) is 0 Å². The summed E-state index contributed by atoms with van der Waals surface area (Å²) in [5.74, 6) is 1.06. The molecule has 7 nitrogen and oxygen atoms in total. The van der Waals surface area contributed by atoms with Gasteiger partial charge in [0.05, 0.1) is 6.61 Å². The normalized spacial score (nSPS) is 11.3. The van der Waals surface area contributed by atoms with Gasteiger partial charge in [0.25, 0.3) is 5.56 Å². The number of fused-ring (bicyclic) bond motifs is 1. The average molecular weight is 407 g/mol. The first-order valence-corrected chi connectivity index (χ1v) is 9.74. The molecule has 9 heteroatoms. The van der Waals surface area contributed by atoms with E-state index in [2.05, 4.69) is 9.97 Å². The number of aromatic nitrogens is 4. The van der Waals surface area contributed by atoms with Crippen LogP contribution in [0.25, 0.3) is 22.4 Å². The summed E-state index contributed by atoms with van der Waals surface area (Å²) in [6, 6.07) is 7.10. The minimum absolute atomic E-state index is 0.307. The third-order valence-corrected chi connectivity index (χ3v) is 5.23. The Hall–Kier alpha value is -2.16. The van der Waals surface area contributed by atoms with Crippen molar-refractivity contribution < 1.29 is 4.74 Å². The zero-order valence-corrected chi connectivity index (χ0v) is 16.8. The SMILES string of the molecule is CCOCCSc1nc(-c2ccc(Cl)cc2)nc2c1c(=O)n(C)c(=O)n2C. The standard InChI is InChI=1S/C18H19ClN4O3S/c1-4-26-9-10-27-16-13-15(22(2)18(25)23(3)17(13)24)20-14(21-16)11-5-7-12(19)8-6-11/h5-8H,4,9-10H2,1-3H3. The molecule has 0 atom stereocenters. The van der Waals surface area contributed by atoms with Crippen LogP contribution in [-0.2, 0) is 18.8 Å². The Morgan fingerprint density at radius 3 is 2.48 bits per heavy atom. The van der Waals surface area contributed by atoms with E-state index in [4.69, 9.17) is 16.3 Å².